The highest BCUT2D eigenvalue weighted by molar-refractivity contribution is 6.19. The van der Waals surface area contributed by atoms with Gasteiger partial charge in [0, 0.05) is 49.4 Å². The van der Waals surface area contributed by atoms with Crippen molar-refractivity contribution in [1.82, 2.24) is 15.0 Å². The molecule has 0 N–H and O–H groups in total. The minimum atomic E-state index is 0.597. The van der Waals surface area contributed by atoms with Crippen LogP contribution in [-0.2, 0) is 0 Å². The second-order valence-electron chi connectivity index (χ2n) is 15.9. The highest BCUT2D eigenvalue weighted by Crippen LogP contribution is 2.45. The molecule has 0 bridgehead atoms. The molecule has 5 heteroatoms. The summed E-state index contributed by atoms with van der Waals surface area (Å²) in [7, 11) is 0. The van der Waals surface area contributed by atoms with E-state index in [2.05, 4.69) is 176 Å². The lowest BCUT2D eigenvalue weighted by Gasteiger charge is -2.12. The lowest BCUT2D eigenvalue weighted by atomic mass is 9.93. The van der Waals surface area contributed by atoms with Crippen molar-refractivity contribution in [1.29, 1.82) is 0 Å². The monoisotopic (exact) mass is 791 g/mol. The van der Waals surface area contributed by atoms with Crippen molar-refractivity contribution in [3.8, 4) is 56.4 Å². The second kappa shape index (κ2) is 13.6. The van der Waals surface area contributed by atoms with Crippen molar-refractivity contribution in [3.63, 3.8) is 0 Å². The van der Waals surface area contributed by atoms with Crippen LogP contribution >= 0.6 is 0 Å². The molecular formula is C57H33N3O2. The summed E-state index contributed by atoms with van der Waals surface area (Å²) in [6.07, 6.45) is 0. The van der Waals surface area contributed by atoms with Crippen LogP contribution in [0.1, 0.15) is 0 Å². The largest absolute Gasteiger partial charge is 0.455 e. The molecule has 0 amide bonds. The Hall–Kier alpha value is -8.41. The number of furan rings is 2. The van der Waals surface area contributed by atoms with Crippen molar-refractivity contribution in [2.45, 2.75) is 0 Å². The summed E-state index contributed by atoms with van der Waals surface area (Å²) in [5.41, 5.74) is 10.1. The number of rotatable bonds is 5. The van der Waals surface area contributed by atoms with Gasteiger partial charge in [0.25, 0.3) is 0 Å². The van der Waals surface area contributed by atoms with Gasteiger partial charge in [-0.3, -0.25) is 0 Å². The van der Waals surface area contributed by atoms with Gasteiger partial charge in [-0.1, -0.05) is 164 Å². The number of benzene rings is 10. The Kier molecular flexibility index (Phi) is 7.54. The van der Waals surface area contributed by atoms with Gasteiger partial charge in [-0.25, -0.2) is 15.0 Å². The Morgan fingerprint density at radius 1 is 0.274 bits per heavy atom. The van der Waals surface area contributed by atoms with Crippen molar-refractivity contribution in [3.05, 3.63) is 200 Å². The van der Waals surface area contributed by atoms with Gasteiger partial charge in [-0.05, 0) is 79.8 Å². The number of fused-ring (bicyclic) bond motifs is 10. The fourth-order valence-electron chi connectivity index (χ4n) is 9.30. The Labute approximate surface area is 355 Å². The average molecular weight is 792 g/mol. The first-order chi connectivity index (χ1) is 30.7. The minimum Gasteiger partial charge on any atom is -0.455 e. The Bertz CT molecular complexity index is 3950. The summed E-state index contributed by atoms with van der Waals surface area (Å²) in [5, 5.41) is 11.3. The normalized spacial score (nSPS) is 11.9. The summed E-state index contributed by atoms with van der Waals surface area (Å²) in [4.78, 5) is 15.6. The molecule has 0 spiro atoms. The fraction of sp³-hybridized carbons (Fsp3) is 0. The number of nitrogens with zero attached hydrogens (tertiary/aromatic N) is 3. The zero-order chi connectivity index (χ0) is 40.7. The number of hydrogen-bond acceptors (Lipinski definition) is 5. The van der Waals surface area contributed by atoms with Gasteiger partial charge in [-0.15, -0.1) is 0 Å². The molecule has 3 aromatic heterocycles. The average Bonchev–Trinajstić information content (AvgIpc) is 3.93. The molecule has 0 fully saturated rings. The van der Waals surface area contributed by atoms with Crippen LogP contribution < -0.4 is 0 Å². The Morgan fingerprint density at radius 2 is 0.790 bits per heavy atom. The summed E-state index contributed by atoms with van der Waals surface area (Å²) in [6.45, 7) is 0. The third kappa shape index (κ3) is 5.45. The lowest BCUT2D eigenvalue weighted by molar-refractivity contribution is 0.665. The molecule has 0 atom stereocenters. The summed E-state index contributed by atoms with van der Waals surface area (Å²) >= 11 is 0. The topological polar surface area (TPSA) is 65.0 Å². The zero-order valence-electron chi connectivity index (χ0n) is 33.2. The molecule has 0 aliphatic carbocycles. The van der Waals surface area contributed by atoms with E-state index in [1.54, 1.807) is 0 Å². The van der Waals surface area contributed by atoms with Gasteiger partial charge in [0.2, 0.25) is 0 Å². The lowest BCUT2D eigenvalue weighted by Crippen LogP contribution is -2.00. The van der Waals surface area contributed by atoms with E-state index in [9.17, 15) is 0 Å². The van der Waals surface area contributed by atoms with E-state index in [0.29, 0.717) is 17.5 Å². The van der Waals surface area contributed by atoms with Crippen molar-refractivity contribution >= 4 is 76.2 Å². The molecule has 5 nitrogen and oxygen atoms in total. The van der Waals surface area contributed by atoms with E-state index in [0.717, 1.165) is 93.6 Å². The molecule has 13 aromatic rings. The predicted octanol–water partition coefficient (Wildman–Crippen LogP) is 15.5. The van der Waals surface area contributed by atoms with Gasteiger partial charge >= 0.3 is 0 Å². The maximum atomic E-state index is 6.78. The van der Waals surface area contributed by atoms with Gasteiger partial charge in [0.1, 0.15) is 22.3 Å². The molecule has 62 heavy (non-hydrogen) atoms. The van der Waals surface area contributed by atoms with Crippen LogP contribution in [-0.4, -0.2) is 15.0 Å². The van der Waals surface area contributed by atoms with E-state index in [-0.39, 0.29) is 0 Å². The standard InChI is InChI=1S/C57H33N3O2/c1-2-13-37-31-40(27-23-34(37)11-1)56-58-55(59-57(60-56)41-28-26-36-25-24-35-12-3-4-16-42(35)49(36)33-41)39-15-9-14-38(32-39)43-29-30-47(54-52(43)48-18-6-8-22-51(48)62-54)46-20-10-19-45-44-17-5-7-21-50(44)61-53(45)46/h1-33H. The smallest absolute Gasteiger partial charge is 0.164 e. The molecule has 0 saturated carbocycles. The maximum absolute atomic E-state index is 6.78. The highest BCUT2D eigenvalue weighted by atomic mass is 16.3. The number of hydrogen-bond donors (Lipinski definition) is 0. The predicted molar refractivity (Wildman–Crippen MR) is 254 cm³/mol. The van der Waals surface area contributed by atoms with Crippen LogP contribution in [0.25, 0.3) is 133 Å². The molecule has 0 aliphatic heterocycles. The molecular weight excluding hydrogens is 759 g/mol. The van der Waals surface area contributed by atoms with Crippen LogP contribution in [0.4, 0.5) is 0 Å². The molecule has 0 saturated heterocycles. The van der Waals surface area contributed by atoms with E-state index >= 15 is 0 Å². The van der Waals surface area contributed by atoms with Crippen molar-refractivity contribution < 1.29 is 8.83 Å². The highest BCUT2D eigenvalue weighted by Gasteiger charge is 2.21. The van der Waals surface area contributed by atoms with Gasteiger partial charge in [-0.2, -0.15) is 0 Å². The zero-order valence-corrected chi connectivity index (χ0v) is 33.2. The molecule has 13 rings (SSSR count). The quantitative estimate of drug-likeness (QED) is 0.162. The van der Waals surface area contributed by atoms with Crippen molar-refractivity contribution in [2.75, 3.05) is 0 Å². The van der Waals surface area contributed by atoms with Crippen LogP contribution in [0, 0.1) is 0 Å². The third-order valence-corrected chi connectivity index (χ3v) is 12.3. The van der Waals surface area contributed by atoms with E-state index in [1.807, 2.05) is 24.3 Å². The molecule has 0 unspecified atom stereocenters. The first-order valence-electron chi connectivity index (χ1n) is 20.8. The first-order valence-corrected chi connectivity index (χ1v) is 20.8. The summed E-state index contributed by atoms with van der Waals surface area (Å²) in [6, 6.07) is 69.8. The molecule has 0 aliphatic rings. The molecule has 10 aromatic carbocycles. The second-order valence-corrected chi connectivity index (χ2v) is 15.9. The number of aromatic nitrogens is 3. The van der Waals surface area contributed by atoms with Gasteiger partial charge in [0.15, 0.2) is 17.5 Å². The first kappa shape index (κ1) is 34.5. The molecule has 3 heterocycles. The Morgan fingerprint density at radius 3 is 1.60 bits per heavy atom. The summed E-state index contributed by atoms with van der Waals surface area (Å²) < 4.78 is 13.3. The van der Waals surface area contributed by atoms with Gasteiger partial charge < -0.3 is 8.83 Å². The van der Waals surface area contributed by atoms with Crippen molar-refractivity contribution in [2.24, 2.45) is 0 Å². The Balaban J connectivity index is 0.999. The minimum absolute atomic E-state index is 0.597. The van der Waals surface area contributed by atoms with E-state index in [4.69, 9.17) is 23.8 Å². The van der Waals surface area contributed by atoms with Crippen LogP contribution in [0.5, 0.6) is 0 Å². The SMILES string of the molecule is c1cc(-c2nc(-c3ccc4ccccc4c3)nc(-c3ccc4ccc5ccccc5c4c3)n2)cc(-c2ccc(-c3cccc4c3oc3ccccc34)c3oc4ccccc4c23)c1. The van der Waals surface area contributed by atoms with Gasteiger partial charge in [0.05, 0.1) is 0 Å². The van der Waals surface area contributed by atoms with E-state index in [1.165, 1.54) is 21.5 Å². The van der Waals surface area contributed by atoms with E-state index < -0.39 is 0 Å². The maximum Gasteiger partial charge on any atom is 0.164 e. The fourth-order valence-corrected chi connectivity index (χ4v) is 9.30. The van der Waals surface area contributed by atoms with Crippen LogP contribution in [0.2, 0.25) is 0 Å². The third-order valence-electron chi connectivity index (χ3n) is 12.3. The van der Waals surface area contributed by atoms with Crippen LogP contribution in [0.3, 0.4) is 0 Å². The van der Waals surface area contributed by atoms with Crippen LogP contribution in [0.15, 0.2) is 209 Å². The summed E-state index contributed by atoms with van der Waals surface area (Å²) in [5.74, 6) is 1.83. The molecule has 288 valence electrons. The number of para-hydroxylation sites is 3. The molecule has 0 radical (unpaired) electrons.